The molecule has 1 heterocycles. The van der Waals surface area contributed by atoms with Gasteiger partial charge in [0, 0.05) is 12.3 Å². The molecule has 29 heavy (non-hydrogen) atoms. The molecule has 0 aromatic heterocycles. The van der Waals surface area contributed by atoms with Crippen LogP contribution in [0.1, 0.15) is 65.7 Å². The second-order valence-electron chi connectivity index (χ2n) is 10.8. The molecule has 10 unspecified atom stereocenters. The van der Waals surface area contributed by atoms with Gasteiger partial charge >= 0.3 is 11.9 Å². The van der Waals surface area contributed by atoms with Crippen LogP contribution in [0.5, 0.6) is 0 Å². The van der Waals surface area contributed by atoms with Crippen molar-refractivity contribution in [3.63, 3.8) is 0 Å². The quantitative estimate of drug-likeness (QED) is 0.561. The number of aliphatic hydroxyl groups is 1. The van der Waals surface area contributed by atoms with Gasteiger partial charge in [-0.1, -0.05) is 13.8 Å². The van der Waals surface area contributed by atoms with Gasteiger partial charge in [-0.25, -0.2) is 0 Å². The molecule has 6 heteroatoms. The van der Waals surface area contributed by atoms with Gasteiger partial charge in [-0.3, -0.25) is 9.59 Å². The van der Waals surface area contributed by atoms with Gasteiger partial charge in [-0.15, -0.1) is 0 Å². The molecule has 0 amide bonds. The summed E-state index contributed by atoms with van der Waals surface area (Å²) in [6.07, 6.45) is 6.11. The standard InChI is InChI=1S/C23H34O6/c1-12(24)28-14-7-9-21(2)13(11-14)5-6-16-15(21)8-10-22(3)17(20(26)27-4)18(25)19-23(16,22)29-19/h13-19,25H,5-11H2,1-4H3. The van der Waals surface area contributed by atoms with Gasteiger partial charge < -0.3 is 19.3 Å². The molecule has 4 saturated carbocycles. The van der Waals surface area contributed by atoms with Crippen molar-refractivity contribution in [3.8, 4) is 0 Å². The van der Waals surface area contributed by atoms with Crippen LogP contribution in [-0.4, -0.2) is 48.1 Å². The Balaban J connectivity index is 1.43. The predicted molar refractivity (Wildman–Crippen MR) is 104 cm³/mol. The summed E-state index contributed by atoms with van der Waals surface area (Å²) in [6.45, 7) is 6.07. The fourth-order valence-electron chi connectivity index (χ4n) is 8.55. The van der Waals surface area contributed by atoms with E-state index in [0.29, 0.717) is 17.8 Å². The van der Waals surface area contributed by atoms with Crippen LogP contribution in [0.15, 0.2) is 0 Å². The van der Waals surface area contributed by atoms with Crippen LogP contribution in [0.2, 0.25) is 0 Å². The molecule has 5 rings (SSSR count). The summed E-state index contributed by atoms with van der Waals surface area (Å²) in [5, 5.41) is 10.9. The maximum atomic E-state index is 12.5. The summed E-state index contributed by atoms with van der Waals surface area (Å²) in [6, 6.07) is 0. The average Bonchev–Trinajstić information content (AvgIpc) is 3.38. The molecular weight excluding hydrogens is 372 g/mol. The molecule has 1 aliphatic heterocycles. The maximum Gasteiger partial charge on any atom is 0.312 e. The fraction of sp³-hybridized carbons (Fsp3) is 0.913. The smallest absolute Gasteiger partial charge is 0.312 e. The molecule has 4 aliphatic carbocycles. The zero-order valence-corrected chi connectivity index (χ0v) is 18.0. The summed E-state index contributed by atoms with van der Waals surface area (Å²) in [5.41, 5.74) is -0.529. The van der Waals surface area contributed by atoms with E-state index in [1.54, 1.807) is 0 Å². The number of carbonyl (C=O) groups excluding carboxylic acids is 2. The molecule has 1 N–H and O–H groups in total. The number of fused-ring (bicyclic) bond motifs is 3. The minimum atomic E-state index is -0.767. The molecule has 5 fully saturated rings. The average molecular weight is 407 g/mol. The summed E-state index contributed by atoms with van der Waals surface area (Å²) < 4.78 is 17.0. The molecule has 5 aliphatic rings. The van der Waals surface area contributed by atoms with Crippen LogP contribution in [0.25, 0.3) is 0 Å². The molecule has 162 valence electrons. The lowest BCUT2D eigenvalue weighted by molar-refractivity contribution is -0.179. The van der Waals surface area contributed by atoms with Crippen molar-refractivity contribution >= 4 is 11.9 Å². The Bertz CT molecular complexity index is 737. The van der Waals surface area contributed by atoms with Gasteiger partial charge in [0.1, 0.15) is 17.8 Å². The van der Waals surface area contributed by atoms with Gasteiger partial charge in [0.05, 0.1) is 19.1 Å². The summed E-state index contributed by atoms with van der Waals surface area (Å²) in [4.78, 5) is 24.0. The van der Waals surface area contributed by atoms with Gasteiger partial charge in [-0.2, -0.15) is 0 Å². The third kappa shape index (κ3) is 2.36. The highest BCUT2D eigenvalue weighted by atomic mass is 16.6. The van der Waals surface area contributed by atoms with E-state index in [1.807, 2.05) is 0 Å². The monoisotopic (exact) mass is 406 g/mol. The molecule has 0 aromatic rings. The number of methoxy groups -OCH3 is 1. The molecular formula is C23H34O6. The van der Waals surface area contributed by atoms with Crippen LogP contribution in [-0.2, 0) is 23.8 Å². The number of hydrogen-bond acceptors (Lipinski definition) is 6. The van der Waals surface area contributed by atoms with E-state index in [9.17, 15) is 14.7 Å². The van der Waals surface area contributed by atoms with Crippen molar-refractivity contribution in [2.45, 2.75) is 89.6 Å². The summed E-state index contributed by atoms with van der Waals surface area (Å²) in [7, 11) is 1.41. The van der Waals surface area contributed by atoms with Crippen LogP contribution >= 0.6 is 0 Å². The lowest BCUT2D eigenvalue weighted by Gasteiger charge is -2.60. The Kier molecular flexibility index (Phi) is 4.23. The molecule has 0 aromatic carbocycles. The van der Waals surface area contributed by atoms with Crippen LogP contribution < -0.4 is 0 Å². The SMILES string of the molecule is COC(=O)C1C(O)C2OC23C2CCC4CC(OC(C)=O)CCC4(C)C2CCC13C. The third-order valence-corrected chi connectivity index (χ3v) is 9.88. The zero-order valence-electron chi connectivity index (χ0n) is 18.0. The Morgan fingerprint density at radius 1 is 1.07 bits per heavy atom. The Hall–Kier alpha value is -1.14. The fourth-order valence-corrected chi connectivity index (χ4v) is 8.55. The number of ether oxygens (including phenoxy) is 3. The molecule has 10 atom stereocenters. The molecule has 0 bridgehead atoms. The first-order valence-corrected chi connectivity index (χ1v) is 11.3. The van der Waals surface area contributed by atoms with Crippen molar-refractivity contribution < 1.29 is 28.9 Å². The van der Waals surface area contributed by atoms with Crippen molar-refractivity contribution in [3.05, 3.63) is 0 Å². The number of hydrogen-bond donors (Lipinski definition) is 1. The van der Waals surface area contributed by atoms with Gasteiger partial charge in [0.25, 0.3) is 0 Å². The maximum absolute atomic E-state index is 12.5. The third-order valence-electron chi connectivity index (χ3n) is 9.88. The van der Waals surface area contributed by atoms with E-state index >= 15 is 0 Å². The normalized spacial score (nSPS) is 55.0. The van der Waals surface area contributed by atoms with Crippen LogP contribution in [0.4, 0.5) is 0 Å². The lowest BCUT2D eigenvalue weighted by Crippen LogP contribution is -2.59. The first-order valence-electron chi connectivity index (χ1n) is 11.3. The van der Waals surface area contributed by atoms with E-state index in [0.717, 1.165) is 44.9 Å². The molecule has 1 saturated heterocycles. The van der Waals surface area contributed by atoms with Crippen molar-refractivity contribution in [1.82, 2.24) is 0 Å². The number of rotatable bonds is 2. The molecule has 0 radical (unpaired) electrons. The Morgan fingerprint density at radius 2 is 1.83 bits per heavy atom. The largest absolute Gasteiger partial charge is 0.469 e. The topological polar surface area (TPSA) is 85.4 Å². The highest BCUT2D eigenvalue weighted by molar-refractivity contribution is 5.76. The highest BCUT2D eigenvalue weighted by Crippen LogP contribution is 2.76. The van der Waals surface area contributed by atoms with Crippen LogP contribution in [0.3, 0.4) is 0 Å². The van der Waals surface area contributed by atoms with Crippen molar-refractivity contribution in [2.75, 3.05) is 7.11 Å². The number of aliphatic hydroxyl groups excluding tert-OH is 1. The van der Waals surface area contributed by atoms with Crippen molar-refractivity contribution in [1.29, 1.82) is 0 Å². The first kappa shape index (κ1) is 19.8. The second-order valence-corrected chi connectivity index (χ2v) is 10.8. The minimum Gasteiger partial charge on any atom is -0.469 e. The van der Waals surface area contributed by atoms with Gasteiger partial charge in [-0.05, 0) is 68.1 Å². The lowest BCUT2D eigenvalue weighted by atomic mass is 9.44. The Labute approximate surface area is 172 Å². The van der Waals surface area contributed by atoms with E-state index in [2.05, 4.69) is 13.8 Å². The summed E-state index contributed by atoms with van der Waals surface area (Å²) >= 11 is 0. The molecule has 1 spiro atoms. The minimum absolute atomic E-state index is 0.0519. The zero-order chi connectivity index (χ0) is 20.8. The van der Waals surface area contributed by atoms with E-state index in [4.69, 9.17) is 14.2 Å². The Morgan fingerprint density at radius 3 is 2.52 bits per heavy atom. The number of esters is 2. The second kappa shape index (κ2) is 6.19. The van der Waals surface area contributed by atoms with E-state index < -0.39 is 12.0 Å². The predicted octanol–water partition coefficient (Wildman–Crippen LogP) is 2.85. The first-order chi connectivity index (χ1) is 13.7. The van der Waals surface area contributed by atoms with Gasteiger partial charge in [0.15, 0.2) is 0 Å². The number of epoxide rings is 1. The number of carbonyl (C=O) groups is 2. The molecule has 6 nitrogen and oxygen atoms in total. The van der Waals surface area contributed by atoms with Gasteiger partial charge in [0.2, 0.25) is 0 Å². The summed E-state index contributed by atoms with van der Waals surface area (Å²) in [5.74, 6) is 0.501. The van der Waals surface area contributed by atoms with Crippen LogP contribution in [0, 0.1) is 34.5 Å². The van der Waals surface area contributed by atoms with E-state index in [-0.39, 0.29) is 40.6 Å². The van der Waals surface area contributed by atoms with Crippen molar-refractivity contribution in [2.24, 2.45) is 34.5 Å². The highest BCUT2D eigenvalue weighted by Gasteiger charge is 2.84. The van der Waals surface area contributed by atoms with E-state index in [1.165, 1.54) is 14.0 Å².